The van der Waals surface area contributed by atoms with Gasteiger partial charge >= 0.3 is 0 Å². The first kappa shape index (κ1) is 9.30. The SMILES string of the molecule is NCCc1nnc2cccc(Cl)c2n1. The van der Waals surface area contributed by atoms with Crippen LogP contribution in [0.1, 0.15) is 5.82 Å². The number of nitrogens with zero attached hydrogens (tertiary/aromatic N) is 3. The number of aromatic nitrogens is 3. The Kier molecular flexibility index (Phi) is 2.56. The molecule has 2 aromatic rings. The summed E-state index contributed by atoms with van der Waals surface area (Å²) >= 11 is 5.97. The maximum atomic E-state index is 5.97. The van der Waals surface area contributed by atoms with E-state index in [9.17, 15) is 0 Å². The molecular formula is C9H9ClN4. The van der Waals surface area contributed by atoms with Gasteiger partial charge in [-0.1, -0.05) is 17.7 Å². The average Bonchev–Trinajstić information content (AvgIpc) is 2.20. The van der Waals surface area contributed by atoms with Gasteiger partial charge < -0.3 is 5.73 Å². The molecule has 0 unspecified atom stereocenters. The van der Waals surface area contributed by atoms with Crippen LogP contribution in [0.4, 0.5) is 0 Å². The second kappa shape index (κ2) is 3.86. The van der Waals surface area contributed by atoms with Gasteiger partial charge in [0.2, 0.25) is 0 Å². The van der Waals surface area contributed by atoms with Crippen molar-refractivity contribution in [1.29, 1.82) is 0 Å². The molecule has 0 spiro atoms. The predicted octanol–water partition coefficient (Wildman–Crippen LogP) is 1.18. The first-order chi connectivity index (χ1) is 6.81. The monoisotopic (exact) mass is 208 g/mol. The second-order valence-corrected chi connectivity index (χ2v) is 3.28. The Hall–Kier alpha value is -1.26. The van der Waals surface area contributed by atoms with Crippen LogP contribution in [-0.4, -0.2) is 21.7 Å². The van der Waals surface area contributed by atoms with E-state index in [1.165, 1.54) is 0 Å². The van der Waals surface area contributed by atoms with Gasteiger partial charge in [0.25, 0.3) is 0 Å². The molecule has 0 saturated carbocycles. The highest BCUT2D eigenvalue weighted by Crippen LogP contribution is 2.18. The van der Waals surface area contributed by atoms with Crippen LogP contribution in [0.3, 0.4) is 0 Å². The minimum atomic E-state index is 0.512. The summed E-state index contributed by atoms with van der Waals surface area (Å²) in [5.74, 6) is 0.633. The lowest BCUT2D eigenvalue weighted by atomic mass is 10.3. The van der Waals surface area contributed by atoms with Crippen LogP contribution in [0.15, 0.2) is 18.2 Å². The van der Waals surface area contributed by atoms with E-state index in [1.807, 2.05) is 12.1 Å². The standard InChI is InChI=1S/C9H9ClN4/c10-6-2-1-3-7-9(6)12-8(4-5-11)14-13-7/h1-3H,4-5,11H2. The molecule has 0 amide bonds. The number of rotatable bonds is 2. The van der Waals surface area contributed by atoms with Gasteiger partial charge in [-0.3, -0.25) is 0 Å². The Labute approximate surface area is 86.1 Å². The van der Waals surface area contributed by atoms with E-state index in [0.29, 0.717) is 34.8 Å². The molecule has 0 fully saturated rings. The van der Waals surface area contributed by atoms with Crippen LogP contribution in [0.2, 0.25) is 5.02 Å². The van der Waals surface area contributed by atoms with E-state index < -0.39 is 0 Å². The van der Waals surface area contributed by atoms with Crippen LogP contribution >= 0.6 is 11.6 Å². The smallest absolute Gasteiger partial charge is 0.152 e. The molecule has 0 aliphatic carbocycles. The number of fused-ring (bicyclic) bond motifs is 1. The maximum Gasteiger partial charge on any atom is 0.152 e. The molecule has 2 N–H and O–H groups in total. The minimum Gasteiger partial charge on any atom is -0.330 e. The van der Waals surface area contributed by atoms with E-state index >= 15 is 0 Å². The lowest BCUT2D eigenvalue weighted by Crippen LogP contribution is -2.07. The van der Waals surface area contributed by atoms with Crippen molar-refractivity contribution < 1.29 is 0 Å². The molecule has 14 heavy (non-hydrogen) atoms. The van der Waals surface area contributed by atoms with Gasteiger partial charge in [-0.25, -0.2) is 4.98 Å². The fourth-order valence-electron chi connectivity index (χ4n) is 1.19. The average molecular weight is 209 g/mol. The van der Waals surface area contributed by atoms with Gasteiger partial charge in [-0.05, 0) is 18.7 Å². The van der Waals surface area contributed by atoms with Crippen molar-refractivity contribution in [2.24, 2.45) is 5.73 Å². The summed E-state index contributed by atoms with van der Waals surface area (Å²) in [6, 6.07) is 5.43. The zero-order chi connectivity index (χ0) is 9.97. The predicted molar refractivity (Wildman–Crippen MR) is 55.1 cm³/mol. The summed E-state index contributed by atoms with van der Waals surface area (Å²) in [5.41, 5.74) is 6.80. The molecule has 4 nitrogen and oxygen atoms in total. The highest BCUT2D eigenvalue weighted by molar-refractivity contribution is 6.34. The molecule has 1 aromatic heterocycles. The van der Waals surface area contributed by atoms with Crippen LogP contribution < -0.4 is 5.73 Å². The summed E-state index contributed by atoms with van der Waals surface area (Å²) < 4.78 is 0. The van der Waals surface area contributed by atoms with Gasteiger partial charge in [0, 0.05) is 6.42 Å². The molecule has 72 valence electrons. The Bertz CT molecular complexity index is 458. The molecule has 0 atom stereocenters. The molecule has 1 aromatic carbocycles. The number of hydrogen-bond acceptors (Lipinski definition) is 4. The molecular weight excluding hydrogens is 200 g/mol. The normalized spacial score (nSPS) is 10.7. The zero-order valence-electron chi connectivity index (χ0n) is 7.44. The molecule has 0 radical (unpaired) electrons. The Morgan fingerprint density at radius 1 is 1.29 bits per heavy atom. The molecule has 0 bridgehead atoms. The quantitative estimate of drug-likeness (QED) is 0.805. The van der Waals surface area contributed by atoms with E-state index in [0.717, 1.165) is 0 Å². The highest BCUT2D eigenvalue weighted by atomic mass is 35.5. The van der Waals surface area contributed by atoms with Crippen LogP contribution in [0, 0.1) is 0 Å². The van der Waals surface area contributed by atoms with Crippen molar-refractivity contribution in [2.45, 2.75) is 6.42 Å². The number of nitrogens with two attached hydrogens (primary N) is 1. The van der Waals surface area contributed by atoms with Crippen LogP contribution in [-0.2, 0) is 6.42 Å². The fraction of sp³-hybridized carbons (Fsp3) is 0.222. The highest BCUT2D eigenvalue weighted by Gasteiger charge is 2.03. The first-order valence-electron chi connectivity index (χ1n) is 4.29. The molecule has 2 rings (SSSR count). The van der Waals surface area contributed by atoms with Gasteiger partial charge in [0.1, 0.15) is 11.0 Å². The molecule has 5 heteroatoms. The molecule has 0 saturated heterocycles. The van der Waals surface area contributed by atoms with Crippen molar-refractivity contribution in [3.05, 3.63) is 29.0 Å². The number of para-hydroxylation sites is 1. The van der Waals surface area contributed by atoms with E-state index in [-0.39, 0.29) is 0 Å². The van der Waals surface area contributed by atoms with E-state index in [2.05, 4.69) is 15.2 Å². The Morgan fingerprint density at radius 2 is 2.14 bits per heavy atom. The van der Waals surface area contributed by atoms with E-state index in [1.54, 1.807) is 6.07 Å². The number of benzene rings is 1. The molecule has 0 aliphatic rings. The van der Waals surface area contributed by atoms with Crippen molar-refractivity contribution in [3.8, 4) is 0 Å². The van der Waals surface area contributed by atoms with Gasteiger partial charge in [0.05, 0.1) is 5.02 Å². The van der Waals surface area contributed by atoms with E-state index in [4.69, 9.17) is 17.3 Å². The third-order valence-corrected chi connectivity index (χ3v) is 2.15. The van der Waals surface area contributed by atoms with Crippen LogP contribution in [0.5, 0.6) is 0 Å². The third-order valence-electron chi connectivity index (χ3n) is 1.85. The summed E-state index contributed by atoms with van der Waals surface area (Å²) in [7, 11) is 0. The maximum absolute atomic E-state index is 5.97. The lowest BCUT2D eigenvalue weighted by molar-refractivity contribution is 0.832. The molecule has 1 heterocycles. The zero-order valence-corrected chi connectivity index (χ0v) is 8.20. The third kappa shape index (κ3) is 1.66. The fourth-order valence-corrected chi connectivity index (χ4v) is 1.41. The van der Waals surface area contributed by atoms with Crippen LogP contribution in [0.25, 0.3) is 11.0 Å². The largest absolute Gasteiger partial charge is 0.330 e. The van der Waals surface area contributed by atoms with Gasteiger partial charge in [-0.15, -0.1) is 10.2 Å². The summed E-state index contributed by atoms with van der Waals surface area (Å²) in [5, 5.41) is 8.54. The summed E-state index contributed by atoms with van der Waals surface area (Å²) in [6.45, 7) is 0.512. The van der Waals surface area contributed by atoms with Gasteiger partial charge in [0.15, 0.2) is 5.82 Å². The Balaban J connectivity index is 2.58. The van der Waals surface area contributed by atoms with Gasteiger partial charge in [-0.2, -0.15) is 0 Å². The molecule has 0 aliphatic heterocycles. The Morgan fingerprint density at radius 3 is 2.93 bits per heavy atom. The summed E-state index contributed by atoms with van der Waals surface area (Å²) in [6.07, 6.45) is 0.619. The first-order valence-corrected chi connectivity index (χ1v) is 4.67. The lowest BCUT2D eigenvalue weighted by Gasteiger charge is -2.00. The minimum absolute atomic E-state index is 0.512. The van der Waals surface area contributed by atoms with Crippen molar-refractivity contribution in [1.82, 2.24) is 15.2 Å². The number of halogens is 1. The van der Waals surface area contributed by atoms with Crippen molar-refractivity contribution in [3.63, 3.8) is 0 Å². The summed E-state index contributed by atoms with van der Waals surface area (Å²) in [4.78, 5) is 4.28. The van der Waals surface area contributed by atoms with Crippen molar-refractivity contribution >= 4 is 22.6 Å². The topological polar surface area (TPSA) is 64.7 Å². The second-order valence-electron chi connectivity index (χ2n) is 2.87. The number of hydrogen-bond donors (Lipinski definition) is 1. The van der Waals surface area contributed by atoms with Crippen molar-refractivity contribution in [2.75, 3.05) is 6.54 Å².